The quantitative estimate of drug-likeness (QED) is 0.870. The number of hydrogen-bond donors (Lipinski definition) is 1. The number of nitrogen functional groups attached to an aromatic ring is 1. The van der Waals surface area contributed by atoms with Crippen LogP contribution in [0.15, 0.2) is 30.5 Å². The van der Waals surface area contributed by atoms with Crippen LogP contribution in [0.5, 0.6) is 0 Å². The number of ether oxygens (including phenoxy) is 1. The number of hydrogen-bond acceptors (Lipinski definition) is 5. The number of pyridine rings is 1. The molecule has 0 aliphatic heterocycles. The molecule has 2 heterocycles. The van der Waals surface area contributed by atoms with Gasteiger partial charge in [-0.25, -0.2) is 9.78 Å². The van der Waals surface area contributed by atoms with Gasteiger partial charge in [0.25, 0.3) is 0 Å². The molecule has 0 atom stereocenters. The van der Waals surface area contributed by atoms with Gasteiger partial charge in [0.05, 0.1) is 16.2 Å². The molecule has 0 aromatic carbocycles. The molecule has 0 fully saturated rings. The van der Waals surface area contributed by atoms with E-state index in [0.29, 0.717) is 10.0 Å². The molecular weight excluding hydrogens is 260 g/mol. The Balaban J connectivity index is 1.95. The van der Waals surface area contributed by atoms with E-state index in [-0.39, 0.29) is 12.3 Å². The third-order valence-electron chi connectivity index (χ3n) is 1.97. The summed E-state index contributed by atoms with van der Waals surface area (Å²) in [4.78, 5) is 16.3. The maximum Gasteiger partial charge on any atom is 0.357 e. The van der Waals surface area contributed by atoms with Gasteiger partial charge in [-0.3, -0.25) is 0 Å². The van der Waals surface area contributed by atoms with Gasteiger partial charge in [0.15, 0.2) is 0 Å². The maximum absolute atomic E-state index is 11.6. The lowest BCUT2D eigenvalue weighted by Gasteiger charge is -2.02. The zero-order valence-electron chi connectivity index (χ0n) is 8.72. The Morgan fingerprint density at radius 3 is 2.82 bits per heavy atom. The van der Waals surface area contributed by atoms with Crippen LogP contribution in [0.25, 0.3) is 0 Å². The van der Waals surface area contributed by atoms with E-state index in [1.54, 1.807) is 12.1 Å². The fourth-order valence-corrected chi connectivity index (χ4v) is 2.17. The molecule has 0 bridgehead atoms. The molecule has 2 aromatic rings. The van der Waals surface area contributed by atoms with E-state index >= 15 is 0 Å². The Labute approximate surface area is 107 Å². The normalized spacial score (nSPS) is 10.2. The number of esters is 1. The van der Waals surface area contributed by atoms with Crippen molar-refractivity contribution in [3.8, 4) is 0 Å². The molecule has 0 aliphatic rings. The number of aromatic nitrogens is 1. The first-order valence-electron chi connectivity index (χ1n) is 4.78. The van der Waals surface area contributed by atoms with Crippen molar-refractivity contribution in [3.63, 3.8) is 0 Å². The Morgan fingerprint density at radius 1 is 1.41 bits per heavy atom. The molecule has 2 N–H and O–H groups in total. The molecule has 0 saturated carbocycles. The fraction of sp³-hybridized carbons (Fsp3) is 0.0909. The van der Waals surface area contributed by atoms with E-state index in [1.165, 1.54) is 23.6 Å². The first-order chi connectivity index (χ1) is 8.15. The molecule has 88 valence electrons. The Kier molecular flexibility index (Phi) is 3.61. The minimum absolute atomic E-state index is 0.197. The molecule has 0 unspecified atom stereocenters. The number of nitrogens with two attached hydrogens (primary N) is 1. The van der Waals surface area contributed by atoms with E-state index in [4.69, 9.17) is 22.1 Å². The third kappa shape index (κ3) is 3.18. The molecule has 0 aliphatic carbocycles. The van der Waals surface area contributed by atoms with Gasteiger partial charge in [-0.05, 0) is 24.3 Å². The molecule has 0 amide bonds. The molecule has 0 saturated heterocycles. The summed E-state index contributed by atoms with van der Waals surface area (Å²) < 4.78 is 5.75. The van der Waals surface area contributed by atoms with Gasteiger partial charge in [-0.2, -0.15) is 0 Å². The van der Waals surface area contributed by atoms with Crippen molar-refractivity contribution in [1.29, 1.82) is 0 Å². The smallest absolute Gasteiger partial charge is 0.357 e. The summed E-state index contributed by atoms with van der Waals surface area (Å²) in [6, 6.07) is 6.71. The first kappa shape index (κ1) is 11.9. The van der Waals surface area contributed by atoms with Crippen LogP contribution in [-0.2, 0) is 11.3 Å². The van der Waals surface area contributed by atoms with Gasteiger partial charge in [0.2, 0.25) is 0 Å². The first-order valence-corrected chi connectivity index (χ1v) is 5.97. The predicted molar refractivity (Wildman–Crippen MR) is 67.1 cm³/mol. The average molecular weight is 269 g/mol. The molecule has 2 aromatic heterocycles. The summed E-state index contributed by atoms with van der Waals surface area (Å²) in [7, 11) is 0. The largest absolute Gasteiger partial charge is 0.455 e. The summed E-state index contributed by atoms with van der Waals surface area (Å²) in [5.41, 5.74) is 6.21. The fourth-order valence-electron chi connectivity index (χ4n) is 1.17. The van der Waals surface area contributed by atoms with Crippen molar-refractivity contribution in [2.45, 2.75) is 6.61 Å². The van der Waals surface area contributed by atoms with Crippen LogP contribution in [0.4, 0.5) is 5.69 Å². The van der Waals surface area contributed by atoms with Crippen LogP contribution in [0.1, 0.15) is 15.4 Å². The molecule has 2 rings (SSSR count). The van der Waals surface area contributed by atoms with Gasteiger partial charge in [-0.1, -0.05) is 11.6 Å². The standard InChI is InChI=1S/C11H9ClN2O2S/c12-10-4-2-8(17-10)6-16-11(15)9-3-1-7(13)5-14-9/h1-5H,6,13H2. The lowest BCUT2D eigenvalue weighted by Crippen LogP contribution is -2.06. The van der Waals surface area contributed by atoms with Gasteiger partial charge in [0, 0.05) is 4.88 Å². The van der Waals surface area contributed by atoms with Crippen LogP contribution in [0, 0.1) is 0 Å². The monoisotopic (exact) mass is 268 g/mol. The third-order valence-corrected chi connectivity index (χ3v) is 3.17. The zero-order chi connectivity index (χ0) is 12.3. The number of carbonyl (C=O) groups excluding carboxylic acids is 1. The summed E-state index contributed by atoms with van der Waals surface area (Å²) in [5, 5.41) is 0. The van der Waals surface area contributed by atoms with Crippen LogP contribution in [-0.4, -0.2) is 11.0 Å². The Bertz CT molecular complexity index is 525. The second-order valence-corrected chi connectivity index (χ2v) is 5.06. The van der Waals surface area contributed by atoms with Crippen molar-refractivity contribution in [2.75, 3.05) is 5.73 Å². The summed E-state index contributed by atoms with van der Waals surface area (Å²) in [6.07, 6.45) is 1.42. The van der Waals surface area contributed by atoms with E-state index in [1.807, 2.05) is 6.07 Å². The minimum atomic E-state index is -0.477. The second-order valence-electron chi connectivity index (χ2n) is 3.26. The van der Waals surface area contributed by atoms with E-state index in [2.05, 4.69) is 4.98 Å². The Morgan fingerprint density at radius 2 is 2.24 bits per heavy atom. The van der Waals surface area contributed by atoms with Crippen molar-refractivity contribution in [1.82, 2.24) is 4.98 Å². The second kappa shape index (κ2) is 5.16. The van der Waals surface area contributed by atoms with Crippen molar-refractivity contribution < 1.29 is 9.53 Å². The lowest BCUT2D eigenvalue weighted by molar-refractivity contribution is 0.0470. The highest BCUT2D eigenvalue weighted by atomic mass is 35.5. The van der Waals surface area contributed by atoms with Crippen LogP contribution in [0.3, 0.4) is 0 Å². The van der Waals surface area contributed by atoms with Crippen LogP contribution >= 0.6 is 22.9 Å². The van der Waals surface area contributed by atoms with Crippen molar-refractivity contribution in [3.05, 3.63) is 45.4 Å². The predicted octanol–water partition coefficient (Wildman–Crippen LogP) is 2.74. The molecule has 4 nitrogen and oxygen atoms in total. The SMILES string of the molecule is Nc1ccc(C(=O)OCc2ccc(Cl)s2)nc1. The van der Waals surface area contributed by atoms with Crippen molar-refractivity contribution in [2.24, 2.45) is 0 Å². The zero-order valence-corrected chi connectivity index (χ0v) is 10.3. The van der Waals surface area contributed by atoms with E-state index < -0.39 is 5.97 Å². The highest BCUT2D eigenvalue weighted by molar-refractivity contribution is 7.16. The highest BCUT2D eigenvalue weighted by Crippen LogP contribution is 2.22. The number of nitrogens with zero attached hydrogens (tertiary/aromatic N) is 1. The maximum atomic E-state index is 11.6. The van der Waals surface area contributed by atoms with Crippen LogP contribution in [0.2, 0.25) is 4.34 Å². The van der Waals surface area contributed by atoms with Gasteiger partial charge in [-0.15, -0.1) is 11.3 Å². The summed E-state index contributed by atoms with van der Waals surface area (Å²) in [5.74, 6) is -0.477. The Hall–Kier alpha value is -1.59. The molecular formula is C11H9ClN2O2S. The molecule has 0 spiro atoms. The van der Waals surface area contributed by atoms with Crippen LogP contribution < -0.4 is 5.73 Å². The topological polar surface area (TPSA) is 65.2 Å². The summed E-state index contributed by atoms with van der Waals surface area (Å²) >= 11 is 7.14. The lowest BCUT2D eigenvalue weighted by atomic mass is 10.3. The average Bonchev–Trinajstić information content (AvgIpc) is 2.73. The number of halogens is 1. The van der Waals surface area contributed by atoms with Gasteiger partial charge >= 0.3 is 5.97 Å². The molecule has 17 heavy (non-hydrogen) atoms. The minimum Gasteiger partial charge on any atom is -0.455 e. The van der Waals surface area contributed by atoms with Crippen molar-refractivity contribution >= 4 is 34.6 Å². The number of carbonyl (C=O) groups is 1. The summed E-state index contributed by atoms with van der Waals surface area (Å²) in [6.45, 7) is 0.197. The number of rotatable bonds is 3. The number of anilines is 1. The van der Waals surface area contributed by atoms with E-state index in [0.717, 1.165) is 4.88 Å². The van der Waals surface area contributed by atoms with E-state index in [9.17, 15) is 4.79 Å². The number of thiophene rings is 1. The van der Waals surface area contributed by atoms with Gasteiger partial charge < -0.3 is 10.5 Å². The molecule has 0 radical (unpaired) electrons. The van der Waals surface area contributed by atoms with Gasteiger partial charge in [0.1, 0.15) is 12.3 Å². The highest BCUT2D eigenvalue weighted by Gasteiger charge is 2.09. The molecule has 6 heteroatoms.